The van der Waals surface area contributed by atoms with E-state index in [0.717, 1.165) is 29.9 Å². The van der Waals surface area contributed by atoms with E-state index in [1.807, 2.05) is 18.2 Å². The zero-order valence-electron chi connectivity index (χ0n) is 13.2. The molecule has 1 fully saturated rings. The summed E-state index contributed by atoms with van der Waals surface area (Å²) >= 11 is 1.75. The molecule has 0 atom stereocenters. The molecule has 1 aromatic carbocycles. The molecule has 0 radical (unpaired) electrons. The zero-order chi connectivity index (χ0) is 15.4. The summed E-state index contributed by atoms with van der Waals surface area (Å²) in [7, 11) is 0. The van der Waals surface area contributed by atoms with Crippen molar-refractivity contribution in [1.82, 2.24) is 14.8 Å². The van der Waals surface area contributed by atoms with E-state index in [1.54, 1.807) is 11.3 Å². The van der Waals surface area contributed by atoms with Crippen LogP contribution in [0.15, 0.2) is 29.6 Å². The van der Waals surface area contributed by atoms with E-state index in [1.165, 1.54) is 37.7 Å². The van der Waals surface area contributed by atoms with Crippen LogP contribution in [0.2, 0.25) is 0 Å². The number of nitrogens with zero attached hydrogens (tertiary/aromatic N) is 3. The number of hydrogen-bond donors (Lipinski definition) is 1. The summed E-state index contributed by atoms with van der Waals surface area (Å²) in [6.45, 7) is 9.28. The molecule has 0 unspecified atom stereocenters. The highest BCUT2D eigenvalue weighted by Gasteiger charge is 2.15. The number of thiazole rings is 1. The lowest BCUT2D eigenvalue weighted by Gasteiger charge is -2.33. The van der Waals surface area contributed by atoms with Crippen LogP contribution in [0.3, 0.4) is 0 Å². The third-order valence-electron chi connectivity index (χ3n) is 4.29. The molecule has 0 amide bonds. The summed E-state index contributed by atoms with van der Waals surface area (Å²) in [5.41, 5.74) is 8.79. The van der Waals surface area contributed by atoms with Crippen LogP contribution >= 0.6 is 11.3 Å². The summed E-state index contributed by atoms with van der Waals surface area (Å²) in [5, 5.41) is 3.36. The highest BCUT2D eigenvalue weighted by Crippen LogP contribution is 2.23. The Morgan fingerprint density at radius 2 is 1.95 bits per heavy atom. The molecular formula is C17H24N4S. The second-order valence-electron chi connectivity index (χ2n) is 5.78. The first-order valence-corrected chi connectivity index (χ1v) is 8.87. The number of aromatic nitrogens is 1. The van der Waals surface area contributed by atoms with E-state index in [0.29, 0.717) is 0 Å². The van der Waals surface area contributed by atoms with Crippen molar-refractivity contribution in [1.29, 1.82) is 0 Å². The number of rotatable bonds is 5. The Kier molecular flexibility index (Phi) is 5.08. The number of nitrogen functional groups attached to an aromatic ring is 1. The first-order chi connectivity index (χ1) is 10.7. The molecule has 5 heteroatoms. The van der Waals surface area contributed by atoms with Gasteiger partial charge in [-0.2, -0.15) is 0 Å². The molecule has 22 heavy (non-hydrogen) atoms. The van der Waals surface area contributed by atoms with Gasteiger partial charge in [-0.25, -0.2) is 4.98 Å². The number of likely N-dealkylation sites (N-methyl/N-ethyl adjacent to an activating group) is 1. The van der Waals surface area contributed by atoms with E-state index >= 15 is 0 Å². The Bertz CT molecular complexity index is 602. The number of anilines is 1. The third-order valence-corrected chi connectivity index (χ3v) is 5.20. The molecule has 1 aromatic heterocycles. The largest absolute Gasteiger partial charge is 0.399 e. The molecule has 2 N–H and O–H groups in total. The van der Waals surface area contributed by atoms with Gasteiger partial charge in [-0.05, 0) is 18.7 Å². The van der Waals surface area contributed by atoms with Crippen molar-refractivity contribution in [3.63, 3.8) is 0 Å². The summed E-state index contributed by atoms with van der Waals surface area (Å²) in [6.07, 6.45) is 1.04. The van der Waals surface area contributed by atoms with Crippen molar-refractivity contribution in [2.45, 2.75) is 13.3 Å². The number of nitrogens with two attached hydrogens (primary N) is 1. The Balaban J connectivity index is 1.54. The fraction of sp³-hybridized carbons (Fsp3) is 0.471. The molecule has 0 bridgehead atoms. The van der Waals surface area contributed by atoms with Crippen LogP contribution in [-0.2, 0) is 6.42 Å². The van der Waals surface area contributed by atoms with Gasteiger partial charge in [-0.1, -0.05) is 19.1 Å². The maximum absolute atomic E-state index is 5.85. The number of piperazine rings is 1. The lowest BCUT2D eigenvalue weighted by Crippen LogP contribution is -2.46. The van der Waals surface area contributed by atoms with Crippen LogP contribution in [-0.4, -0.2) is 54.1 Å². The van der Waals surface area contributed by atoms with Crippen molar-refractivity contribution in [3.05, 3.63) is 34.7 Å². The number of benzene rings is 1. The van der Waals surface area contributed by atoms with Gasteiger partial charge in [0, 0.05) is 55.8 Å². The van der Waals surface area contributed by atoms with E-state index in [4.69, 9.17) is 10.7 Å². The van der Waals surface area contributed by atoms with Crippen LogP contribution in [0.25, 0.3) is 11.3 Å². The molecule has 4 nitrogen and oxygen atoms in total. The van der Waals surface area contributed by atoms with Gasteiger partial charge in [0.15, 0.2) is 0 Å². The second-order valence-corrected chi connectivity index (χ2v) is 6.72. The maximum atomic E-state index is 5.85. The average molecular weight is 316 g/mol. The van der Waals surface area contributed by atoms with Gasteiger partial charge in [0.25, 0.3) is 0 Å². The summed E-state index contributed by atoms with van der Waals surface area (Å²) < 4.78 is 0. The highest BCUT2D eigenvalue weighted by atomic mass is 32.1. The SMILES string of the molecule is CCN1CCN(CCc2nc(-c3cccc(N)c3)cs2)CC1. The average Bonchev–Trinajstić information content (AvgIpc) is 3.02. The van der Waals surface area contributed by atoms with Crippen molar-refractivity contribution < 1.29 is 0 Å². The van der Waals surface area contributed by atoms with Gasteiger partial charge >= 0.3 is 0 Å². The Morgan fingerprint density at radius 1 is 1.18 bits per heavy atom. The van der Waals surface area contributed by atoms with Crippen molar-refractivity contribution in [3.8, 4) is 11.3 Å². The van der Waals surface area contributed by atoms with Gasteiger partial charge < -0.3 is 15.5 Å². The van der Waals surface area contributed by atoms with E-state index < -0.39 is 0 Å². The summed E-state index contributed by atoms with van der Waals surface area (Å²) in [6, 6.07) is 7.95. The van der Waals surface area contributed by atoms with Crippen LogP contribution in [0.1, 0.15) is 11.9 Å². The summed E-state index contributed by atoms with van der Waals surface area (Å²) in [4.78, 5) is 9.82. The van der Waals surface area contributed by atoms with Gasteiger partial charge in [0.2, 0.25) is 0 Å². The van der Waals surface area contributed by atoms with E-state index in [9.17, 15) is 0 Å². The fourth-order valence-corrected chi connectivity index (χ4v) is 3.64. The molecule has 1 aliphatic heterocycles. The zero-order valence-corrected chi connectivity index (χ0v) is 14.0. The topological polar surface area (TPSA) is 45.4 Å². The normalized spacial score (nSPS) is 17.0. The minimum absolute atomic E-state index is 0.792. The smallest absolute Gasteiger partial charge is 0.0945 e. The van der Waals surface area contributed by atoms with Gasteiger partial charge in [0.1, 0.15) is 0 Å². The van der Waals surface area contributed by atoms with Crippen molar-refractivity contribution >= 4 is 17.0 Å². The maximum Gasteiger partial charge on any atom is 0.0945 e. The van der Waals surface area contributed by atoms with E-state index in [-0.39, 0.29) is 0 Å². The summed E-state index contributed by atoms with van der Waals surface area (Å²) in [5.74, 6) is 0. The second kappa shape index (κ2) is 7.22. The number of hydrogen-bond acceptors (Lipinski definition) is 5. The van der Waals surface area contributed by atoms with Gasteiger partial charge in [0.05, 0.1) is 10.7 Å². The van der Waals surface area contributed by atoms with Gasteiger partial charge in [-0.15, -0.1) is 11.3 Å². The van der Waals surface area contributed by atoms with Gasteiger partial charge in [-0.3, -0.25) is 0 Å². The molecule has 1 saturated heterocycles. The Morgan fingerprint density at radius 3 is 2.68 bits per heavy atom. The first-order valence-electron chi connectivity index (χ1n) is 7.99. The van der Waals surface area contributed by atoms with Crippen molar-refractivity contribution in [2.24, 2.45) is 0 Å². The van der Waals surface area contributed by atoms with Crippen LogP contribution in [0.5, 0.6) is 0 Å². The quantitative estimate of drug-likeness (QED) is 0.861. The third kappa shape index (κ3) is 3.85. The monoisotopic (exact) mass is 316 g/mol. The molecule has 0 saturated carbocycles. The highest BCUT2D eigenvalue weighted by molar-refractivity contribution is 7.09. The van der Waals surface area contributed by atoms with E-state index in [2.05, 4.69) is 28.2 Å². The minimum atomic E-state index is 0.792. The molecule has 0 spiro atoms. The first kappa shape index (κ1) is 15.5. The van der Waals surface area contributed by atoms with Crippen LogP contribution < -0.4 is 5.73 Å². The predicted octanol–water partition coefficient (Wildman–Crippen LogP) is 2.57. The standard InChI is InChI=1S/C17H24N4S/c1-2-20-8-10-21(11-9-20)7-6-17-19-16(13-22-17)14-4-3-5-15(18)12-14/h3-5,12-13H,2,6-11,18H2,1H3. The lowest BCUT2D eigenvalue weighted by atomic mass is 10.1. The van der Waals surface area contributed by atoms with Crippen molar-refractivity contribution in [2.75, 3.05) is 45.0 Å². The molecular weight excluding hydrogens is 292 g/mol. The molecule has 2 aromatic rings. The Labute approximate surface area is 136 Å². The van der Waals surface area contributed by atoms with Crippen LogP contribution in [0.4, 0.5) is 5.69 Å². The molecule has 2 heterocycles. The molecule has 3 rings (SSSR count). The molecule has 118 valence electrons. The Hall–Kier alpha value is -1.43. The molecule has 1 aliphatic rings. The van der Waals surface area contributed by atoms with Crippen LogP contribution in [0, 0.1) is 0 Å². The minimum Gasteiger partial charge on any atom is -0.399 e. The molecule has 0 aliphatic carbocycles. The fourth-order valence-electron chi connectivity index (χ4n) is 2.84. The lowest BCUT2D eigenvalue weighted by molar-refractivity contribution is 0.138. The predicted molar refractivity (Wildman–Crippen MR) is 94.2 cm³/mol.